The summed E-state index contributed by atoms with van der Waals surface area (Å²) in [6.07, 6.45) is 21.1. The summed E-state index contributed by atoms with van der Waals surface area (Å²) < 4.78 is 0. The summed E-state index contributed by atoms with van der Waals surface area (Å²) in [5.74, 6) is -1.09. The first kappa shape index (κ1) is 38.3. The molecule has 2 amide bonds. The lowest BCUT2D eigenvalue weighted by Crippen LogP contribution is -2.33. The number of allylic oxidation sites excluding steroid dienone is 2. The number of benzene rings is 1. The van der Waals surface area contributed by atoms with Crippen LogP contribution in [-0.2, 0) is 14.4 Å². The maximum Gasteiger partial charge on any atom is 0.322 e. The van der Waals surface area contributed by atoms with E-state index in [1.807, 2.05) is 32.0 Å². The Balaban J connectivity index is 0.000000825. The van der Waals surface area contributed by atoms with Gasteiger partial charge in [0, 0.05) is 12.1 Å². The van der Waals surface area contributed by atoms with Gasteiger partial charge in [-0.25, -0.2) is 0 Å². The van der Waals surface area contributed by atoms with Gasteiger partial charge in [-0.1, -0.05) is 102 Å². The number of rotatable bonds is 22. The summed E-state index contributed by atoms with van der Waals surface area (Å²) in [6.45, 7) is 12.4. The number of aryl methyl sites for hydroxylation is 2. The van der Waals surface area contributed by atoms with Crippen LogP contribution in [0.25, 0.3) is 0 Å². The summed E-state index contributed by atoms with van der Waals surface area (Å²) in [4.78, 5) is 35.6. The predicted octanol–water partition coefficient (Wildman–Crippen LogP) is 7.81. The molecule has 1 rings (SSSR count). The quantitative estimate of drug-likeness (QED) is 0.0970. The lowest BCUT2D eigenvalue weighted by molar-refractivity contribution is -0.138. The number of carbonyl (C=O) groups is 3. The third-order valence-electron chi connectivity index (χ3n) is 7.11. The predicted molar refractivity (Wildman–Crippen MR) is 172 cm³/mol. The number of nitrogens with zero attached hydrogens (tertiary/aromatic N) is 1. The number of nitrogens with one attached hydrogen (secondary N) is 2. The fourth-order valence-corrected chi connectivity index (χ4v) is 4.46. The van der Waals surface area contributed by atoms with E-state index in [0.29, 0.717) is 13.0 Å². The minimum atomic E-state index is -0.993. The van der Waals surface area contributed by atoms with Gasteiger partial charge in [-0.05, 0) is 70.2 Å². The normalized spacial score (nSPS) is 10.9. The van der Waals surface area contributed by atoms with Crippen molar-refractivity contribution in [3.63, 3.8) is 0 Å². The Bertz CT molecular complexity index is 845. The van der Waals surface area contributed by atoms with Crippen LogP contribution in [0, 0.1) is 13.8 Å². The highest BCUT2D eigenvalue weighted by atomic mass is 16.4. The zero-order valence-electron chi connectivity index (χ0n) is 26.7. The number of hydrogen-bond acceptors (Lipinski definition) is 4. The van der Waals surface area contributed by atoms with Crippen LogP contribution in [0.2, 0.25) is 0 Å². The molecule has 0 aliphatic carbocycles. The molecule has 1 aromatic rings. The number of para-hydroxylation sites is 1. The fourth-order valence-electron chi connectivity index (χ4n) is 4.46. The Kier molecular flexibility index (Phi) is 24.5. The average molecular weight is 574 g/mol. The van der Waals surface area contributed by atoms with Gasteiger partial charge in [0.1, 0.15) is 6.54 Å². The summed E-state index contributed by atoms with van der Waals surface area (Å²) in [6, 6.07) is 6.03. The lowest BCUT2D eigenvalue weighted by Gasteiger charge is -2.18. The van der Waals surface area contributed by atoms with Gasteiger partial charge in [-0.2, -0.15) is 0 Å². The second-order valence-electron chi connectivity index (χ2n) is 10.8. The topological polar surface area (TPSA) is 98.7 Å². The van der Waals surface area contributed by atoms with Gasteiger partial charge in [0.25, 0.3) is 0 Å². The van der Waals surface area contributed by atoms with E-state index in [1.165, 1.54) is 57.8 Å². The third kappa shape index (κ3) is 22.7. The van der Waals surface area contributed by atoms with E-state index in [1.54, 1.807) is 0 Å². The molecule has 0 aromatic heterocycles. The van der Waals surface area contributed by atoms with E-state index in [-0.39, 0.29) is 18.4 Å². The number of anilines is 1. The van der Waals surface area contributed by atoms with Crippen molar-refractivity contribution < 1.29 is 19.5 Å². The number of unbranched alkanes of at least 4 members (excludes halogenated alkanes) is 11. The van der Waals surface area contributed by atoms with Crippen molar-refractivity contribution in [1.29, 1.82) is 0 Å². The van der Waals surface area contributed by atoms with Crippen molar-refractivity contribution in [3.05, 3.63) is 41.5 Å². The molecule has 0 saturated carbocycles. The smallest absolute Gasteiger partial charge is 0.322 e. The van der Waals surface area contributed by atoms with Crippen LogP contribution in [0.1, 0.15) is 122 Å². The highest BCUT2D eigenvalue weighted by Crippen LogP contribution is 2.19. The summed E-state index contributed by atoms with van der Waals surface area (Å²) in [5, 5.41) is 13.8. The maximum atomic E-state index is 11.9. The van der Waals surface area contributed by atoms with Crippen molar-refractivity contribution in [2.45, 2.75) is 125 Å². The number of hydrogen-bond donors (Lipinski definition) is 3. The second-order valence-corrected chi connectivity index (χ2v) is 10.8. The van der Waals surface area contributed by atoms with Crippen molar-refractivity contribution in [3.8, 4) is 0 Å². The minimum absolute atomic E-state index is 0.0612. The molecular weight excluding hydrogens is 514 g/mol. The van der Waals surface area contributed by atoms with Crippen LogP contribution in [0.3, 0.4) is 0 Å². The molecule has 1 aromatic carbocycles. The molecule has 0 saturated heterocycles. The van der Waals surface area contributed by atoms with E-state index in [9.17, 15) is 14.4 Å². The van der Waals surface area contributed by atoms with Gasteiger partial charge in [0.05, 0.1) is 6.54 Å². The van der Waals surface area contributed by atoms with Crippen LogP contribution in [0.5, 0.6) is 0 Å². The number of carboxylic acids is 1. The molecule has 0 bridgehead atoms. The van der Waals surface area contributed by atoms with Gasteiger partial charge >= 0.3 is 5.97 Å². The van der Waals surface area contributed by atoms with Crippen molar-refractivity contribution >= 4 is 23.5 Å². The summed E-state index contributed by atoms with van der Waals surface area (Å²) in [7, 11) is 0. The number of carboxylic acid groups (broad SMARTS) is 1. The molecule has 0 heterocycles. The van der Waals surface area contributed by atoms with Crippen molar-refractivity contribution in [1.82, 2.24) is 10.2 Å². The highest BCUT2D eigenvalue weighted by Gasteiger charge is 2.10. The number of likely N-dealkylation sites (N-methyl/N-ethyl adjacent to an activating group) is 1. The zero-order valence-corrected chi connectivity index (χ0v) is 26.7. The zero-order chi connectivity index (χ0) is 30.7. The molecule has 0 spiro atoms. The molecule has 234 valence electrons. The standard InChI is InChI=1S/C20H37NO3.C14H22N2O/c1-2-3-4-5-6-7-8-9-10-11-12-13-14-15-16-17-19(22)21-18-20(23)24;1-5-16(6-2)10-13(17)15-14-11(3)8-7-9-12(14)4/h9-10H,2-8,11-18H2,1H3,(H,21,22)(H,23,24);7-9H,5-6,10H2,1-4H3,(H,15,17). The molecule has 0 unspecified atom stereocenters. The van der Waals surface area contributed by atoms with Crippen LogP contribution in [0.15, 0.2) is 30.4 Å². The Morgan fingerprint density at radius 3 is 1.78 bits per heavy atom. The summed E-state index contributed by atoms with van der Waals surface area (Å²) >= 11 is 0. The molecular formula is C34H59N3O4. The Labute approximate surface area is 250 Å². The first-order valence-corrected chi connectivity index (χ1v) is 16.0. The molecule has 7 heteroatoms. The SMILES string of the molecule is CCCCCCCCC=CCCCCCCCC(=O)NCC(=O)O.CCN(CC)CC(=O)Nc1c(C)cccc1C. The lowest BCUT2D eigenvalue weighted by atomic mass is 10.1. The minimum Gasteiger partial charge on any atom is -0.480 e. The van der Waals surface area contributed by atoms with E-state index in [0.717, 1.165) is 55.6 Å². The average Bonchev–Trinajstić information content (AvgIpc) is 2.95. The van der Waals surface area contributed by atoms with E-state index in [4.69, 9.17) is 5.11 Å². The highest BCUT2D eigenvalue weighted by molar-refractivity contribution is 5.93. The van der Waals surface area contributed by atoms with Gasteiger partial charge in [-0.3, -0.25) is 19.3 Å². The first-order chi connectivity index (χ1) is 19.7. The maximum absolute atomic E-state index is 11.9. The molecule has 0 fully saturated rings. The van der Waals surface area contributed by atoms with E-state index < -0.39 is 5.97 Å². The molecule has 0 aliphatic rings. The van der Waals surface area contributed by atoms with Crippen molar-refractivity contribution in [2.75, 3.05) is 31.5 Å². The summed E-state index contributed by atoms with van der Waals surface area (Å²) in [5.41, 5.74) is 3.17. The van der Waals surface area contributed by atoms with Crippen LogP contribution in [0.4, 0.5) is 5.69 Å². The van der Waals surface area contributed by atoms with Gasteiger partial charge in [0.2, 0.25) is 11.8 Å². The van der Waals surface area contributed by atoms with Crippen LogP contribution in [-0.4, -0.2) is 54.0 Å². The third-order valence-corrected chi connectivity index (χ3v) is 7.11. The number of aliphatic carboxylic acids is 1. The first-order valence-electron chi connectivity index (χ1n) is 16.0. The molecule has 0 aliphatic heterocycles. The number of amides is 2. The van der Waals surface area contributed by atoms with E-state index in [2.05, 4.69) is 48.5 Å². The van der Waals surface area contributed by atoms with Gasteiger partial charge in [-0.15, -0.1) is 0 Å². The molecule has 0 atom stereocenters. The monoisotopic (exact) mass is 573 g/mol. The van der Waals surface area contributed by atoms with Crippen molar-refractivity contribution in [2.24, 2.45) is 0 Å². The van der Waals surface area contributed by atoms with E-state index >= 15 is 0 Å². The Morgan fingerprint density at radius 2 is 1.27 bits per heavy atom. The molecule has 0 radical (unpaired) electrons. The van der Waals surface area contributed by atoms with Gasteiger partial charge < -0.3 is 15.7 Å². The fraction of sp³-hybridized carbons (Fsp3) is 0.676. The Morgan fingerprint density at radius 1 is 0.756 bits per heavy atom. The second kappa shape index (κ2) is 26.2. The largest absolute Gasteiger partial charge is 0.480 e. The molecule has 41 heavy (non-hydrogen) atoms. The van der Waals surface area contributed by atoms with Gasteiger partial charge in [0.15, 0.2) is 0 Å². The van der Waals surface area contributed by atoms with Crippen LogP contribution < -0.4 is 10.6 Å². The Hall–Kier alpha value is -2.67. The molecule has 7 nitrogen and oxygen atoms in total. The molecule has 3 N–H and O–H groups in total. The number of carbonyl (C=O) groups excluding carboxylic acids is 2. The van der Waals surface area contributed by atoms with Crippen LogP contribution >= 0.6 is 0 Å².